The van der Waals surface area contributed by atoms with Crippen molar-refractivity contribution in [1.29, 1.82) is 0 Å². The number of para-hydroxylation sites is 2. The Bertz CT molecular complexity index is 1670. The first-order valence-corrected chi connectivity index (χ1v) is 14.7. The molecule has 3 aromatic rings. The van der Waals surface area contributed by atoms with Crippen molar-refractivity contribution in [3.8, 4) is 0 Å². The van der Waals surface area contributed by atoms with Crippen LogP contribution in [-0.4, -0.2) is 70.3 Å². The summed E-state index contributed by atoms with van der Waals surface area (Å²) < 4.78 is 36.4. The molecule has 0 bridgehead atoms. The van der Waals surface area contributed by atoms with E-state index in [0.29, 0.717) is 19.5 Å². The molecule has 1 saturated heterocycles. The minimum atomic E-state index is -1.33. The number of nitrogens with one attached hydrogen (secondary N) is 2. The molecule has 3 heterocycles. The first-order chi connectivity index (χ1) is 21.2. The van der Waals surface area contributed by atoms with Gasteiger partial charge >= 0.3 is 23.7 Å². The zero-order valence-electron chi connectivity index (χ0n) is 24.9. The molecule has 0 radical (unpaired) electrons. The number of benzene rings is 2. The Morgan fingerprint density at radius 2 is 1.75 bits per heavy atom. The molecule has 0 aliphatic carbocycles. The zero-order chi connectivity index (χ0) is 31.5. The molecular weight excluding hydrogens is 574 g/mol. The van der Waals surface area contributed by atoms with Crippen molar-refractivity contribution in [2.45, 2.75) is 51.7 Å². The predicted octanol–water partition coefficient (Wildman–Crippen LogP) is 4.05. The van der Waals surface area contributed by atoms with E-state index in [-0.39, 0.29) is 35.1 Å². The zero-order valence-corrected chi connectivity index (χ0v) is 24.9. The Kier molecular flexibility index (Phi) is 9.14. The van der Waals surface area contributed by atoms with E-state index < -0.39 is 35.7 Å². The van der Waals surface area contributed by atoms with Gasteiger partial charge in [-0.15, -0.1) is 0 Å². The first-order valence-electron chi connectivity index (χ1n) is 14.7. The summed E-state index contributed by atoms with van der Waals surface area (Å²) in [4.78, 5) is 55.1. The second kappa shape index (κ2) is 13.0. The number of aromatic nitrogens is 2. The first kappa shape index (κ1) is 30.9. The third kappa shape index (κ3) is 5.83. The number of hydrogen-bond donors (Lipinski definition) is 2. The van der Waals surface area contributed by atoms with Gasteiger partial charge in [0.05, 0.1) is 23.7 Å². The Morgan fingerprint density at radius 3 is 2.41 bits per heavy atom. The quantitative estimate of drug-likeness (QED) is 0.294. The van der Waals surface area contributed by atoms with Crippen LogP contribution in [-0.2, 0) is 16.1 Å². The maximum atomic E-state index is 14.2. The number of carbonyl (C=O) groups is 3. The van der Waals surface area contributed by atoms with Crippen LogP contribution in [0.1, 0.15) is 50.8 Å². The van der Waals surface area contributed by atoms with Gasteiger partial charge in [-0.1, -0.05) is 18.2 Å². The molecule has 13 heteroatoms. The number of imide groups is 1. The summed E-state index contributed by atoms with van der Waals surface area (Å²) >= 11 is 0. The lowest BCUT2D eigenvalue weighted by molar-refractivity contribution is -0.136. The van der Waals surface area contributed by atoms with Crippen molar-refractivity contribution in [2.24, 2.45) is 0 Å². The number of carbonyl (C=O) groups excluding carboxylic acids is 3. The van der Waals surface area contributed by atoms with Crippen LogP contribution < -0.4 is 16.3 Å². The van der Waals surface area contributed by atoms with Gasteiger partial charge in [0.2, 0.25) is 0 Å². The molecule has 11 nitrogen and oxygen atoms in total. The Balaban J connectivity index is 1.21. The molecule has 1 aromatic heterocycles. The average Bonchev–Trinajstić information content (AvgIpc) is 3.30. The van der Waals surface area contributed by atoms with Gasteiger partial charge in [-0.05, 0) is 69.5 Å². The summed E-state index contributed by atoms with van der Waals surface area (Å²) in [5.74, 6) is -3.10. The van der Waals surface area contributed by atoms with Crippen molar-refractivity contribution in [1.82, 2.24) is 29.6 Å². The number of fused-ring (bicyclic) bond motifs is 1. The van der Waals surface area contributed by atoms with E-state index in [4.69, 9.17) is 4.74 Å². The van der Waals surface area contributed by atoms with Crippen molar-refractivity contribution in [3.05, 3.63) is 81.4 Å². The van der Waals surface area contributed by atoms with Gasteiger partial charge < -0.3 is 20.3 Å². The van der Waals surface area contributed by atoms with Gasteiger partial charge in [0.25, 0.3) is 0 Å². The molecule has 5 rings (SSSR count). The van der Waals surface area contributed by atoms with Crippen LogP contribution in [0.4, 0.5) is 18.4 Å². The lowest BCUT2D eigenvalue weighted by Crippen LogP contribution is -2.54. The van der Waals surface area contributed by atoms with E-state index >= 15 is 0 Å². The Labute approximate surface area is 253 Å². The summed E-state index contributed by atoms with van der Waals surface area (Å²) in [5.41, 5.74) is 2.01. The van der Waals surface area contributed by atoms with Gasteiger partial charge in [-0.25, -0.2) is 32.9 Å². The van der Waals surface area contributed by atoms with E-state index in [0.717, 1.165) is 61.1 Å². The number of likely N-dealkylation sites (tertiary alicyclic amines) is 1. The van der Waals surface area contributed by atoms with Gasteiger partial charge in [-0.2, -0.15) is 0 Å². The fraction of sp³-hybridized carbons (Fsp3) is 0.419. The number of esters is 1. The summed E-state index contributed by atoms with van der Waals surface area (Å²) in [6, 6.07) is 7.96. The lowest BCUT2D eigenvalue weighted by atomic mass is 9.94. The van der Waals surface area contributed by atoms with Crippen LogP contribution in [0.5, 0.6) is 0 Å². The molecule has 1 atom stereocenters. The number of allylic oxidation sites excluding steroid dienone is 1. The van der Waals surface area contributed by atoms with E-state index in [2.05, 4.69) is 15.5 Å². The average molecular weight is 611 g/mol. The lowest BCUT2D eigenvalue weighted by Gasteiger charge is -2.36. The standard InChI is InChI=1S/C31H36F2N6O5/c1-4-37-24-8-5-6-9-25(24)38(31(37)43)21-12-16-36(17-13-21)15-7-14-34-29(41)39-27(20-10-11-22(32)23(33)18-20)26(28(40)44-3)19(2)35-30(39)42/h5-6,8-11,18,21,27H,4,7,12-17H2,1-3H3,(H,34,41)(H,35,42). The number of halogens is 2. The normalized spacial score (nSPS) is 18.1. The minimum absolute atomic E-state index is 0.0127. The topological polar surface area (TPSA) is 118 Å². The maximum Gasteiger partial charge on any atom is 0.337 e. The highest BCUT2D eigenvalue weighted by molar-refractivity contribution is 6.01. The summed E-state index contributed by atoms with van der Waals surface area (Å²) in [7, 11) is 1.15. The Morgan fingerprint density at radius 1 is 1.05 bits per heavy atom. The number of rotatable bonds is 8. The number of methoxy groups -OCH3 is 1. The highest BCUT2D eigenvalue weighted by Crippen LogP contribution is 2.35. The number of imidazole rings is 1. The number of amides is 4. The van der Waals surface area contributed by atoms with Crippen molar-refractivity contribution in [3.63, 3.8) is 0 Å². The van der Waals surface area contributed by atoms with Crippen LogP contribution >= 0.6 is 0 Å². The van der Waals surface area contributed by atoms with Crippen molar-refractivity contribution >= 4 is 29.1 Å². The minimum Gasteiger partial charge on any atom is -0.466 e. The third-order valence-corrected chi connectivity index (χ3v) is 8.37. The van der Waals surface area contributed by atoms with E-state index in [9.17, 15) is 28.0 Å². The number of piperidine rings is 1. The van der Waals surface area contributed by atoms with Gasteiger partial charge in [0.15, 0.2) is 11.6 Å². The molecule has 4 amide bonds. The van der Waals surface area contributed by atoms with Crippen molar-refractivity contribution < 1.29 is 27.9 Å². The molecular formula is C31H36F2N6O5. The predicted molar refractivity (Wildman–Crippen MR) is 159 cm³/mol. The van der Waals surface area contributed by atoms with Crippen molar-refractivity contribution in [2.75, 3.05) is 33.3 Å². The second-order valence-electron chi connectivity index (χ2n) is 11.0. The molecule has 0 spiro atoms. The highest BCUT2D eigenvalue weighted by atomic mass is 19.2. The van der Waals surface area contributed by atoms with Crippen LogP contribution in [0.2, 0.25) is 0 Å². The Hall–Kier alpha value is -4.52. The number of aryl methyl sites for hydroxylation is 1. The number of nitrogens with zero attached hydrogens (tertiary/aromatic N) is 4. The van der Waals surface area contributed by atoms with E-state index in [1.54, 1.807) is 4.57 Å². The summed E-state index contributed by atoms with van der Waals surface area (Å²) in [6.45, 7) is 6.53. The molecule has 234 valence electrons. The SMILES string of the molecule is CCn1c(=O)n(C2CCN(CCCNC(=O)N3C(=O)NC(C)=C(C(=O)OC)C3c3ccc(F)c(F)c3)CC2)c2ccccc21. The molecule has 2 aromatic carbocycles. The fourth-order valence-electron chi connectivity index (χ4n) is 6.20. The van der Waals surface area contributed by atoms with Gasteiger partial charge in [0.1, 0.15) is 6.04 Å². The largest absolute Gasteiger partial charge is 0.466 e. The summed E-state index contributed by atoms with van der Waals surface area (Å²) in [5, 5.41) is 5.20. The van der Waals surface area contributed by atoms with Gasteiger partial charge in [-0.3, -0.25) is 9.13 Å². The molecule has 1 fully saturated rings. The molecule has 2 aliphatic heterocycles. The van der Waals surface area contributed by atoms with E-state index in [1.807, 2.05) is 35.8 Å². The molecule has 2 aliphatic rings. The van der Waals surface area contributed by atoms with Crippen LogP contribution in [0, 0.1) is 11.6 Å². The van der Waals surface area contributed by atoms with Crippen LogP contribution in [0.15, 0.2) is 58.5 Å². The van der Waals surface area contributed by atoms with Crippen LogP contribution in [0.3, 0.4) is 0 Å². The van der Waals surface area contributed by atoms with E-state index in [1.165, 1.54) is 13.0 Å². The fourth-order valence-corrected chi connectivity index (χ4v) is 6.20. The molecule has 0 saturated carbocycles. The molecule has 1 unspecified atom stereocenters. The van der Waals surface area contributed by atoms with Crippen LogP contribution in [0.25, 0.3) is 11.0 Å². The highest BCUT2D eigenvalue weighted by Gasteiger charge is 2.42. The van der Waals surface area contributed by atoms with Gasteiger partial charge in [0, 0.05) is 37.9 Å². The number of urea groups is 2. The number of ether oxygens (including phenoxy) is 1. The number of hydrogen-bond acceptors (Lipinski definition) is 6. The third-order valence-electron chi connectivity index (χ3n) is 8.37. The molecule has 44 heavy (non-hydrogen) atoms. The monoisotopic (exact) mass is 610 g/mol. The molecule has 2 N–H and O–H groups in total. The summed E-state index contributed by atoms with van der Waals surface area (Å²) in [6.07, 6.45) is 2.21. The second-order valence-corrected chi connectivity index (χ2v) is 11.0. The maximum absolute atomic E-state index is 14.2. The smallest absolute Gasteiger partial charge is 0.337 e.